The molecule has 1 aromatic heterocycles. The fourth-order valence-electron chi connectivity index (χ4n) is 2.35. The summed E-state index contributed by atoms with van der Waals surface area (Å²) in [5.41, 5.74) is -1.51. The second-order valence-electron chi connectivity index (χ2n) is 6.29. The van der Waals surface area contributed by atoms with Crippen molar-refractivity contribution < 1.29 is 28.5 Å². The molecule has 0 amide bonds. The van der Waals surface area contributed by atoms with Gasteiger partial charge in [0.15, 0.2) is 5.60 Å². The van der Waals surface area contributed by atoms with Gasteiger partial charge in [0.1, 0.15) is 29.1 Å². The quantitative estimate of drug-likeness (QED) is 0.704. The van der Waals surface area contributed by atoms with Crippen LogP contribution in [0.5, 0.6) is 23.0 Å². The first-order valence-electron chi connectivity index (χ1n) is 8.10. The number of carboxylic acid groups (broad SMARTS) is 1. The van der Waals surface area contributed by atoms with Crippen LogP contribution in [0.3, 0.4) is 0 Å². The third-order valence-electron chi connectivity index (χ3n) is 3.87. The van der Waals surface area contributed by atoms with Gasteiger partial charge in [0.05, 0.1) is 12.5 Å². The number of methoxy groups -OCH3 is 1. The van der Waals surface area contributed by atoms with Crippen LogP contribution in [-0.2, 0) is 4.79 Å². The van der Waals surface area contributed by atoms with Gasteiger partial charge in [-0.3, -0.25) is 4.79 Å². The summed E-state index contributed by atoms with van der Waals surface area (Å²) in [5.74, 6) is 0.227. The predicted octanol–water partition coefficient (Wildman–Crippen LogP) is 3.84. The Morgan fingerprint density at radius 3 is 2.52 bits per heavy atom. The summed E-state index contributed by atoms with van der Waals surface area (Å²) in [4.78, 5) is 23.8. The first-order chi connectivity index (χ1) is 12.8. The van der Waals surface area contributed by atoms with E-state index in [0.717, 1.165) is 0 Å². The van der Waals surface area contributed by atoms with Gasteiger partial charge in [-0.15, -0.1) is 0 Å². The maximum atomic E-state index is 12.6. The van der Waals surface area contributed by atoms with Crippen LogP contribution in [0.4, 0.5) is 0 Å². The minimum Gasteiger partial charge on any atom is -0.497 e. The van der Waals surface area contributed by atoms with Crippen molar-refractivity contribution in [2.45, 2.75) is 19.4 Å². The normalized spacial score (nSPS) is 11.2. The highest BCUT2D eigenvalue weighted by Crippen LogP contribution is 2.27. The van der Waals surface area contributed by atoms with E-state index in [-0.39, 0.29) is 27.9 Å². The number of hydrogen-bond donors (Lipinski definition) is 1. The van der Waals surface area contributed by atoms with E-state index >= 15 is 0 Å². The molecule has 0 spiro atoms. The van der Waals surface area contributed by atoms with Crippen molar-refractivity contribution in [2.75, 3.05) is 7.11 Å². The van der Waals surface area contributed by atoms with Gasteiger partial charge in [-0.05, 0) is 38.1 Å². The third-order valence-corrected chi connectivity index (χ3v) is 3.87. The maximum Gasteiger partial charge on any atom is 0.347 e. The van der Waals surface area contributed by atoms with E-state index in [0.29, 0.717) is 11.5 Å². The molecule has 0 radical (unpaired) electrons. The summed E-state index contributed by atoms with van der Waals surface area (Å²) < 4.78 is 21.7. The molecule has 1 N–H and O–H groups in total. The first kappa shape index (κ1) is 18.3. The molecule has 3 rings (SSSR count). The zero-order chi connectivity index (χ0) is 19.6. The predicted molar refractivity (Wildman–Crippen MR) is 97.9 cm³/mol. The highest BCUT2D eigenvalue weighted by atomic mass is 16.5. The first-order valence-corrected chi connectivity index (χ1v) is 8.10. The van der Waals surface area contributed by atoms with E-state index in [9.17, 15) is 9.59 Å². The van der Waals surface area contributed by atoms with Crippen LogP contribution in [0.2, 0.25) is 0 Å². The molecule has 7 heteroatoms. The number of benzene rings is 2. The van der Waals surface area contributed by atoms with E-state index in [1.165, 1.54) is 45.4 Å². The molecule has 0 saturated carbocycles. The average Bonchev–Trinajstić information content (AvgIpc) is 2.64. The lowest BCUT2D eigenvalue weighted by atomic mass is 10.1. The van der Waals surface area contributed by atoms with Crippen molar-refractivity contribution in [1.82, 2.24) is 0 Å². The van der Waals surface area contributed by atoms with Gasteiger partial charge < -0.3 is 23.7 Å². The molecule has 0 aliphatic carbocycles. The monoisotopic (exact) mass is 370 g/mol. The molecule has 140 valence electrons. The number of fused-ring (bicyclic) bond motifs is 1. The van der Waals surface area contributed by atoms with Crippen molar-refractivity contribution in [3.05, 3.63) is 59.0 Å². The van der Waals surface area contributed by atoms with Crippen molar-refractivity contribution in [2.24, 2.45) is 0 Å². The summed E-state index contributed by atoms with van der Waals surface area (Å²) in [6.07, 6.45) is 1.20. The fourth-order valence-corrected chi connectivity index (χ4v) is 2.35. The summed E-state index contributed by atoms with van der Waals surface area (Å²) in [5, 5.41) is 9.44. The molecular weight excluding hydrogens is 352 g/mol. The Morgan fingerprint density at radius 1 is 1.07 bits per heavy atom. The van der Waals surface area contributed by atoms with Crippen molar-refractivity contribution in [1.29, 1.82) is 0 Å². The van der Waals surface area contributed by atoms with Gasteiger partial charge >= 0.3 is 5.97 Å². The summed E-state index contributed by atoms with van der Waals surface area (Å²) in [6.45, 7) is 2.86. The minimum absolute atomic E-state index is 0.0234. The molecule has 27 heavy (non-hydrogen) atoms. The van der Waals surface area contributed by atoms with Crippen LogP contribution >= 0.6 is 0 Å². The number of carbonyl (C=O) groups is 1. The molecule has 0 bridgehead atoms. The van der Waals surface area contributed by atoms with Crippen LogP contribution in [0.15, 0.2) is 57.9 Å². The average molecular weight is 370 g/mol. The smallest absolute Gasteiger partial charge is 0.347 e. The van der Waals surface area contributed by atoms with E-state index in [2.05, 4.69) is 0 Å². The Morgan fingerprint density at radius 2 is 1.81 bits per heavy atom. The maximum absolute atomic E-state index is 12.6. The SMILES string of the molecule is COc1cccc(Oc2coc3cc(OC(C)(C)C(=O)O)ccc3c2=O)c1. The molecule has 0 aliphatic heterocycles. The summed E-state index contributed by atoms with van der Waals surface area (Å²) in [7, 11) is 1.54. The molecular formula is C20H18O7. The molecule has 0 unspecified atom stereocenters. The molecule has 7 nitrogen and oxygen atoms in total. The van der Waals surface area contributed by atoms with Gasteiger partial charge in [0.25, 0.3) is 0 Å². The zero-order valence-electron chi connectivity index (χ0n) is 15.0. The molecule has 2 aromatic carbocycles. The van der Waals surface area contributed by atoms with Crippen LogP contribution in [0.25, 0.3) is 11.0 Å². The van der Waals surface area contributed by atoms with Gasteiger partial charge in [-0.2, -0.15) is 0 Å². The standard InChI is InChI=1S/C20H18O7/c1-20(2,19(22)23)27-14-7-8-15-16(10-14)25-11-17(18(15)21)26-13-6-4-5-12(9-13)24-3/h4-11H,1-3H3,(H,22,23). The number of hydrogen-bond acceptors (Lipinski definition) is 6. The van der Waals surface area contributed by atoms with Gasteiger partial charge in [-0.1, -0.05) is 6.07 Å². The van der Waals surface area contributed by atoms with E-state index in [1.807, 2.05) is 0 Å². The Bertz CT molecular complexity index is 1050. The highest BCUT2D eigenvalue weighted by molar-refractivity contribution is 5.80. The van der Waals surface area contributed by atoms with Crippen molar-refractivity contribution >= 4 is 16.9 Å². The Labute approximate surface area is 154 Å². The topological polar surface area (TPSA) is 95.2 Å². The van der Waals surface area contributed by atoms with Gasteiger partial charge in [0, 0.05) is 12.1 Å². The Balaban J connectivity index is 1.92. The largest absolute Gasteiger partial charge is 0.497 e. The minimum atomic E-state index is -1.41. The fraction of sp³-hybridized carbons (Fsp3) is 0.200. The Hall–Kier alpha value is -3.48. The highest BCUT2D eigenvalue weighted by Gasteiger charge is 2.29. The molecule has 0 aliphatic rings. The van der Waals surface area contributed by atoms with Crippen molar-refractivity contribution in [3.8, 4) is 23.0 Å². The van der Waals surface area contributed by atoms with Crippen LogP contribution in [0, 0.1) is 0 Å². The zero-order valence-corrected chi connectivity index (χ0v) is 15.0. The van der Waals surface area contributed by atoms with Crippen molar-refractivity contribution in [3.63, 3.8) is 0 Å². The number of aliphatic carboxylic acids is 1. The lowest BCUT2D eigenvalue weighted by Crippen LogP contribution is -2.37. The van der Waals surface area contributed by atoms with E-state index < -0.39 is 11.6 Å². The lowest BCUT2D eigenvalue weighted by Gasteiger charge is -2.21. The number of ether oxygens (including phenoxy) is 3. The molecule has 3 aromatic rings. The number of rotatable bonds is 6. The number of carboxylic acids is 1. The molecule has 0 saturated heterocycles. The third kappa shape index (κ3) is 3.87. The van der Waals surface area contributed by atoms with E-state index in [1.54, 1.807) is 24.3 Å². The Kier molecular flexibility index (Phi) is 4.77. The van der Waals surface area contributed by atoms with Gasteiger partial charge in [0.2, 0.25) is 11.2 Å². The second kappa shape index (κ2) is 7.03. The molecule has 1 heterocycles. The van der Waals surface area contributed by atoms with Crippen LogP contribution in [0.1, 0.15) is 13.8 Å². The summed E-state index contributed by atoms with van der Waals surface area (Å²) >= 11 is 0. The second-order valence-corrected chi connectivity index (χ2v) is 6.29. The lowest BCUT2D eigenvalue weighted by molar-refractivity contribution is -0.152. The summed E-state index contributed by atoms with van der Waals surface area (Å²) in [6, 6.07) is 11.3. The van der Waals surface area contributed by atoms with Crippen LogP contribution < -0.4 is 19.6 Å². The van der Waals surface area contributed by atoms with E-state index in [4.69, 9.17) is 23.7 Å². The van der Waals surface area contributed by atoms with Crippen LogP contribution in [-0.4, -0.2) is 23.8 Å². The van der Waals surface area contributed by atoms with Gasteiger partial charge in [-0.25, -0.2) is 4.79 Å². The molecule has 0 atom stereocenters. The molecule has 0 fully saturated rings.